The van der Waals surface area contributed by atoms with E-state index in [1.807, 2.05) is 18.2 Å². The van der Waals surface area contributed by atoms with Gasteiger partial charge in [-0.25, -0.2) is 0 Å². The fourth-order valence-corrected chi connectivity index (χ4v) is 2.82. The molecule has 1 atom stereocenters. The Labute approximate surface area is 122 Å². The van der Waals surface area contributed by atoms with Gasteiger partial charge >= 0.3 is 0 Å². The summed E-state index contributed by atoms with van der Waals surface area (Å²) in [6, 6.07) is 6.31. The van der Waals surface area contributed by atoms with Gasteiger partial charge in [0.2, 0.25) is 0 Å². The summed E-state index contributed by atoms with van der Waals surface area (Å²) in [5.74, 6) is 2.43. The summed E-state index contributed by atoms with van der Waals surface area (Å²) in [6.07, 6.45) is 2.49. The van der Waals surface area contributed by atoms with E-state index in [1.165, 1.54) is 25.9 Å². The Hall–Kier alpha value is -1.42. The van der Waals surface area contributed by atoms with Crippen molar-refractivity contribution in [3.63, 3.8) is 0 Å². The summed E-state index contributed by atoms with van der Waals surface area (Å²) in [5, 5.41) is 3.60. The van der Waals surface area contributed by atoms with Crippen molar-refractivity contribution in [2.45, 2.75) is 25.8 Å². The van der Waals surface area contributed by atoms with Crippen LogP contribution in [-0.2, 0) is 0 Å². The Bertz CT molecular complexity index is 428. The van der Waals surface area contributed by atoms with Crippen LogP contribution in [0, 0.1) is 5.92 Å². The molecular weight excluding hydrogens is 252 g/mol. The average molecular weight is 278 g/mol. The fourth-order valence-electron chi connectivity index (χ4n) is 2.82. The molecule has 0 aromatic heterocycles. The minimum atomic E-state index is 0.435. The summed E-state index contributed by atoms with van der Waals surface area (Å²) >= 11 is 0. The van der Waals surface area contributed by atoms with E-state index in [-0.39, 0.29) is 0 Å². The van der Waals surface area contributed by atoms with Crippen molar-refractivity contribution in [3.05, 3.63) is 18.2 Å². The van der Waals surface area contributed by atoms with Crippen LogP contribution in [0.2, 0.25) is 0 Å². The van der Waals surface area contributed by atoms with E-state index in [0.717, 1.165) is 17.2 Å². The summed E-state index contributed by atoms with van der Waals surface area (Å²) in [4.78, 5) is 2.40. The van der Waals surface area contributed by atoms with Crippen molar-refractivity contribution >= 4 is 5.69 Å². The van der Waals surface area contributed by atoms with E-state index in [2.05, 4.69) is 24.2 Å². The molecule has 1 heterocycles. The lowest BCUT2D eigenvalue weighted by Crippen LogP contribution is -2.37. The van der Waals surface area contributed by atoms with Crippen molar-refractivity contribution in [3.8, 4) is 11.5 Å². The fraction of sp³-hybridized carbons (Fsp3) is 0.625. The molecule has 1 N–H and O–H groups in total. The largest absolute Gasteiger partial charge is 0.497 e. The molecule has 4 nitrogen and oxygen atoms in total. The maximum Gasteiger partial charge on any atom is 0.142 e. The average Bonchev–Trinajstić information content (AvgIpc) is 2.47. The topological polar surface area (TPSA) is 33.7 Å². The Balaban J connectivity index is 2.04. The number of hydrogen-bond acceptors (Lipinski definition) is 4. The monoisotopic (exact) mass is 278 g/mol. The highest BCUT2D eigenvalue weighted by Crippen LogP contribution is 2.31. The Morgan fingerprint density at radius 2 is 1.90 bits per heavy atom. The van der Waals surface area contributed by atoms with Gasteiger partial charge in [-0.2, -0.15) is 0 Å². The first-order valence-electron chi connectivity index (χ1n) is 7.31. The minimum absolute atomic E-state index is 0.435. The first kappa shape index (κ1) is 15.0. The van der Waals surface area contributed by atoms with Gasteiger partial charge in [0.1, 0.15) is 11.5 Å². The number of piperidine rings is 1. The third-order valence-electron chi connectivity index (χ3n) is 4.26. The molecule has 20 heavy (non-hydrogen) atoms. The predicted octanol–water partition coefficient (Wildman–Crippen LogP) is 2.85. The highest BCUT2D eigenvalue weighted by atomic mass is 16.5. The highest BCUT2D eigenvalue weighted by molar-refractivity contribution is 5.60. The van der Waals surface area contributed by atoms with Crippen LogP contribution >= 0.6 is 0 Å². The van der Waals surface area contributed by atoms with Gasteiger partial charge < -0.3 is 19.7 Å². The number of methoxy groups -OCH3 is 2. The zero-order valence-electron chi connectivity index (χ0n) is 13.0. The quantitative estimate of drug-likeness (QED) is 0.898. The minimum Gasteiger partial charge on any atom is -0.497 e. The summed E-state index contributed by atoms with van der Waals surface area (Å²) in [7, 11) is 5.58. The standard InChI is InChI=1S/C16H26N2O2/c1-12(13-7-9-18(2)10-8-13)17-15-11-14(19-3)5-6-16(15)20-4/h5-6,11-13,17H,7-10H2,1-4H3. The molecule has 0 saturated carbocycles. The van der Waals surface area contributed by atoms with Crippen LogP contribution in [0.5, 0.6) is 11.5 Å². The maximum absolute atomic E-state index is 5.42. The van der Waals surface area contributed by atoms with Gasteiger partial charge in [0, 0.05) is 12.1 Å². The van der Waals surface area contributed by atoms with Crippen LogP contribution < -0.4 is 14.8 Å². The Kier molecular flexibility index (Phi) is 5.12. The van der Waals surface area contributed by atoms with Crippen molar-refractivity contribution in [1.82, 2.24) is 4.90 Å². The summed E-state index contributed by atoms with van der Waals surface area (Å²) in [6.45, 7) is 4.63. The number of benzene rings is 1. The lowest BCUT2D eigenvalue weighted by atomic mass is 9.90. The normalized spacial score (nSPS) is 18.6. The molecule has 1 saturated heterocycles. The zero-order valence-corrected chi connectivity index (χ0v) is 13.0. The lowest BCUT2D eigenvalue weighted by Gasteiger charge is -2.33. The molecule has 1 aliphatic rings. The number of anilines is 1. The molecule has 1 aromatic rings. The van der Waals surface area contributed by atoms with Crippen molar-refractivity contribution in [1.29, 1.82) is 0 Å². The van der Waals surface area contributed by atoms with E-state index in [4.69, 9.17) is 9.47 Å². The third kappa shape index (κ3) is 3.57. The third-order valence-corrected chi connectivity index (χ3v) is 4.26. The number of likely N-dealkylation sites (tertiary alicyclic amines) is 1. The van der Waals surface area contributed by atoms with Gasteiger partial charge in [-0.15, -0.1) is 0 Å². The van der Waals surface area contributed by atoms with Gasteiger partial charge in [0.25, 0.3) is 0 Å². The number of nitrogens with one attached hydrogen (secondary N) is 1. The van der Waals surface area contributed by atoms with Crippen LogP contribution in [0.4, 0.5) is 5.69 Å². The molecule has 112 valence electrons. The number of ether oxygens (including phenoxy) is 2. The second kappa shape index (κ2) is 6.84. The molecule has 1 aliphatic heterocycles. The van der Waals surface area contributed by atoms with Crippen molar-refractivity contribution < 1.29 is 9.47 Å². The van der Waals surface area contributed by atoms with Gasteiger partial charge in [-0.3, -0.25) is 0 Å². The molecular formula is C16H26N2O2. The predicted molar refractivity (Wildman–Crippen MR) is 82.9 cm³/mol. The first-order valence-corrected chi connectivity index (χ1v) is 7.31. The molecule has 0 spiro atoms. The van der Waals surface area contributed by atoms with E-state index in [9.17, 15) is 0 Å². The van der Waals surface area contributed by atoms with Gasteiger partial charge in [-0.05, 0) is 58.0 Å². The molecule has 2 rings (SSSR count). The molecule has 1 aromatic carbocycles. The van der Waals surface area contributed by atoms with Crippen LogP contribution in [0.15, 0.2) is 18.2 Å². The van der Waals surface area contributed by atoms with E-state index in [1.54, 1.807) is 14.2 Å². The van der Waals surface area contributed by atoms with Gasteiger partial charge in [0.15, 0.2) is 0 Å². The second-order valence-electron chi connectivity index (χ2n) is 5.64. The van der Waals surface area contributed by atoms with E-state index >= 15 is 0 Å². The van der Waals surface area contributed by atoms with Gasteiger partial charge in [-0.1, -0.05) is 0 Å². The van der Waals surface area contributed by atoms with Crippen LogP contribution in [-0.4, -0.2) is 45.3 Å². The van der Waals surface area contributed by atoms with Crippen LogP contribution in [0.3, 0.4) is 0 Å². The number of nitrogens with zero attached hydrogens (tertiary/aromatic N) is 1. The molecule has 0 amide bonds. The molecule has 1 unspecified atom stereocenters. The Morgan fingerprint density at radius 3 is 2.50 bits per heavy atom. The van der Waals surface area contributed by atoms with Crippen LogP contribution in [0.1, 0.15) is 19.8 Å². The molecule has 0 radical (unpaired) electrons. The van der Waals surface area contributed by atoms with Gasteiger partial charge in [0.05, 0.1) is 19.9 Å². The molecule has 1 fully saturated rings. The smallest absolute Gasteiger partial charge is 0.142 e. The van der Waals surface area contributed by atoms with Crippen LogP contribution in [0.25, 0.3) is 0 Å². The maximum atomic E-state index is 5.42. The summed E-state index contributed by atoms with van der Waals surface area (Å²) < 4.78 is 10.7. The first-order chi connectivity index (χ1) is 9.63. The number of rotatable bonds is 5. The molecule has 0 aliphatic carbocycles. The highest BCUT2D eigenvalue weighted by Gasteiger charge is 2.22. The lowest BCUT2D eigenvalue weighted by molar-refractivity contribution is 0.208. The van der Waals surface area contributed by atoms with Crippen molar-refractivity contribution in [2.24, 2.45) is 5.92 Å². The molecule has 0 bridgehead atoms. The second-order valence-corrected chi connectivity index (χ2v) is 5.64. The zero-order chi connectivity index (χ0) is 14.5. The van der Waals surface area contributed by atoms with E-state index < -0.39 is 0 Å². The summed E-state index contributed by atoms with van der Waals surface area (Å²) in [5.41, 5.74) is 1.01. The molecule has 4 heteroatoms. The van der Waals surface area contributed by atoms with Crippen molar-refractivity contribution in [2.75, 3.05) is 39.7 Å². The Morgan fingerprint density at radius 1 is 1.20 bits per heavy atom. The van der Waals surface area contributed by atoms with E-state index in [0.29, 0.717) is 12.0 Å². The number of hydrogen-bond donors (Lipinski definition) is 1. The SMILES string of the molecule is COc1ccc(OC)c(NC(C)C2CCN(C)CC2)c1.